The van der Waals surface area contributed by atoms with Crippen molar-refractivity contribution in [3.05, 3.63) is 52.1 Å². The van der Waals surface area contributed by atoms with Gasteiger partial charge in [-0.15, -0.1) is 10.2 Å². The Morgan fingerprint density at radius 2 is 1.94 bits per heavy atom. The van der Waals surface area contributed by atoms with Crippen molar-refractivity contribution in [3.63, 3.8) is 0 Å². The maximum atomic E-state index is 12.6. The standard InChI is InChI=1S/C22H25Cl2N5O2S/c1-31-17-7-5-15(6-8-17)19(28-9-3-2-4-10-28)12-25-20(30)14-32-22-27-26-21-18(24)11-16(23)13-29(21)22/h5-8,11,13,19H,2-4,9-10,12,14H2,1H3,(H,25,30)/t19-/m0/s1. The molecule has 1 aliphatic rings. The molecule has 32 heavy (non-hydrogen) atoms. The highest BCUT2D eigenvalue weighted by molar-refractivity contribution is 7.99. The molecule has 0 bridgehead atoms. The first-order valence-electron chi connectivity index (χ1n) is 10.5. The maximum absolute atomic E-state index is 12.6. The Bertz CT molecular complexity index is 1070. The average molecular weight is 494 g/mol. The summed E-state index contributed by atoms with van der Waals surface area (Å²) in [6.45, 7) is 2.62. The third kappa shape index (κ3) is 5.49. The Morgan fingerprint density at radius 1 is 1.19 bits per heavy atom. The summed E-state index contributed by atoms with van der Waals surface area (Å²) < 4.78 is 6.99. The normalized spacial score (nSPS) is 15.6. The molecule has 1 fully saturated rings. The van der Waals surface area contributed by atoms with Gasteiger partial charge in [-0.2, -0.15) is 0 Å². The number of likely N-dealkylation sites (tertiary alicyclic amines) is 1. The second kappa shape index (κ2) is 10.7. The van der Waals surface area contributed by atoms with Crippen LogP contribution in [-0.2, 0) is 4.79 Å². The number of nitrogens with one attached hydrogen (secondary N) is 1. The largest absolute Gasteiger partial charge is 0.497 e. The maximum Gasteiger partial charge on any atom is 0.230 e. The van der Waals surface area contributed by atoms with E-state index >= 15 is 0 Å². The third-order valence-corrected chi connectivity index (χ3v) is 6.98. The highest BCUT2D eigenvalue weighted by Crippen LogP contribution is 2.27. The molecule has 170 valence electrons. The van der Waals surface area contributed by atoms with Gasteiger partial charge in [0.05, 0.1) is 28.9 Å². The van der Waals surface area contributed by atoms with Crippen LogP contribution < -0.4 is 10.1 Å². The van der Waals surface area contributed by atoms with Crippen LogP contribution in [0.15, 0.2) is 41.7 Å². The van der Waals surface area contributed by atoms with Crippen molar-refractivity contribution in [2.45, 2.75) is 30.5 Å². The number of rotatable bonds is 8. The van der Waals surface area contributed by atoms with Gasteiger partial charge in [0.2, 0.25) is 5.91 Å². The van der Waals surface area contributed by atoms with Crippen LogP contribution >= 0.6 is 35.0 Å². The number of benzene rings is 1. The lowest BCUT2D eigenvalue weighted by atomic mass is 10.0. The van der Waals surface area contributed by atoms with E-state index in [2.05, 4.69) is 32.5 Å². The number of piperidine rings is 1. The smallest absolute Gasteiger partial charge is 0.230 e. The summed E-state index contributed by atoms with van der Waals surface area (Å²) in [5, 5.41) is 12.8. The minimum atomic E-state index is -0.0598. The molecular weight excluding hydrogens is 469 g/mol. The van der Waals surface area contributed by atoms with Crippen molar-refractivity contribution in [1.29, 1.82) is 0 Å². The van der Waals surface area contributed by atoms with Crippen LogP contribution in [0.4, 0.5) is 0 Å². The first kappa shape index (κ1) is 23.2. The fourth-order valence-corrected chi connectivity index (χ4v) is 5.15. The van der Waals surface area contributed by atoms with E-state index in [4.69, 9.17) is 27.9 Å². The number of carbonyl (C=O) groups is 1. The van der Waals surface area contributed by atoms with Gasteiger partial charge >= 0.3 is 0 Å². The predicted octanol–water partition coefficient (Wildman–Crippen LogP) is 4.48. The van der Waals surface area contributed by atoms with E-state index in [1.165, 1.54) is 36.6 Å². The Kier molecular flexibility index (Phi) is 7.78. The van der Waals surface area contributed by atoms with Crippen LogP contribution in [0.5, 0.6) is 5.75 Å². The molecular formula is C22H25Cl2N5O2S. The minimum Gasteiger partial charge on any atom is -0.497 e. The molecule has 7 nitrogen and oxygen atoms in total. The quantitative estimate of drug-likeness (QED) is 0.466. The van der Waals surface area contributed by atoms with Crippen molar-refractivity contribution in [2.75, 3.05) is 32.5 Å². The third-order valence-electron chi connectivity index (χ3n) is 5.55. The molecule has 10 heteroatoms. The molecule has 4 rings (SSSR count). The van der Waals surface area contributed by atoms with Crippen molar-refractivity contribution in [2.24, 2.45) is 0 Å². The van der Waals surface area contributed by atoms with Gasteiger partial charge in [0.1, 0.15) is 5.75 Å². The minimum absolute atomic E-state index is 0.0598. The number of hydrogen-bond donors (Lipinski definition) is 1. The summed E-state index contributed by atoms with van der Waals surface area (Å²) in [7, 11) is 1.66. The van der Waals surface area contributed by atoms with Crippen LogP contribution in [-0.4, -0.2) is 57.9 Å². The number of nitrogens with zero attached hydrogens (tertiary/aromatic N) is 4. The van der Waals surface area contributed by atoms with Crippen LogP contribution in [0.2, 0.25) is 10.0 Å². The molecule has 0 radical (unpaired) electrons. The molecule has 1 amide bonds. The zero-order chi connectivity index (χ0) is 22.5. The number of amides is 1. The number of pyridine rings is 1. The highest BCUT2D eigenvalue weighted by atomic mass is 35.5. The Hall–Kier alpha value is -2.00. The first-order valence-corrected chi connectivity index (χ1v) is 12.3. The Morgan fingerprint density at radius 3 is 2.66 bits per heavy atom. The zero-order valence-electron chi connectivity index (χ0n) is 17.8. The molecule has 1 N–H and O–H groups in total. The molecule has 1 aromatic carbocycles. The summed E-state index contributed by atoms with van der Waals surface area (Å²) in [6.07, 6.45) is 5.32. The molecule has 0 spiro atoms. The molecule has 0 saturated carbocycles. The first-order chi connectivity index (χ1) is 15.5. The van der Waals surface area contributed by atoms with Crippen molar-refractivity contribution in [1.82, 2.24) is 24.8 Å². The lowest BCUT2D eigenvalue weighted by Gasteiger charge is -2.35. The lowest BCUT2D eigenvalue weighted by Crippen LogP contribution is -2.41. The van der Waals surface area contributed by atoms with Crippen molar-refractivity contribution in [3.8, 4) is 5.75 Å². The summed E-state index contributed by atoms with van der Waals surface area (Å²) in [5.74, 6) is 0.989. The molecule has 3 aromatic rings. The van der Waals surface area contributed by atoms with Crippen LogP contribution in [0.3, 0.4) is 0 Å². The van der Waals surface area contributed by atoms with Gasteiger partial charge in [-0.05, 0) is 49.7 Å². The topological polar surface area (TPSA) is 71.8 Å². The van der Waals surface area contributed by atoms with E-state index < -0.39 is 0 Å². The van der Waals surface area contributed by atoms with Gasteiger partial charge in [0.25, 0.3) is 0 Å². The number of carbonyl (C=O) groups excluding carboxylic acids is 1. The second-order valence-corrected chi connectivity index (χ2v) is 9.45. The van der Waals surface area contributed by atoms with Gasteiger partial charge in [-0.3, -0.25) is 14.1 Å². The number of halogens is 2. The fourth-order valence-electron chi connectivity index (χ4n) is 3.91. The number of methoxy groups -OCH3 is 1. The number of aromatic nitrogens is 3. The van der Waals surface area contributed by atoms with E-state index in [0.717, 1.165) is 18.8 Å². The van der Waals surface area contributed by atoms with Crippen molar-refractivity contribution >= 4 is 46.5 Å². The summed E-state index contributed by atoms with van der Waals surface area (Å²) in [5.41, 5.74) is 1.69. The molecule has 1 atom stereocenters. The van der Waals surface area contributed by atoms with Gasteiger partial charge in [0, 0.05) is 12.7 Å². The molecule has 1 aliphatic heterocycles. The van der Waals surface area contributed by atoms with Gasteiger partial charge in [0.15, 0.2) is 10.8 Å². The van der Waals surface area contributed by atoms with Crippen molar-refractivity contribution < 1.29 is 9.53 Å². The predicted molar refractivity (Wildman–Crippen MR) is 128 cm³/mol. The summed E-state index contributed by atoms with van der Waals surface area (Å²) in [4.78, 5) is 15.1. The van der Waals surface area contributed by atoms with E-state index in [1.54, 1.807) is 23.8 Å². The summed E-state index contributed by atoms with van der Waals surface area (Å²) in [6, 6.07) is 9.84. The zero-order valence-corrected chi connectivity index (χ0v) is 20.1. The Labute approximate surface area is 201 Å². The van der Waals surface area contributed by atoms with Gasteiger partial charge < -0.3 is 10.1 Å². The Balaban J connectivity index is 1.39. The lowest BCUT2D eigenvalue weighted by molar-refractivity contribution is -0.118. The fraction of sp³-hybridized carbons (Fsp3) is 0.409. The summed E-state index contributed by atoms with van der Waals surface area (Å²) >= 11 is 13.6. The van der Waals surface area contributed by atoms with E-state index in [-0.39, 0.29) is 17.7 Å². The highest BCUT2D eigenvalue weighted by Gasteiger charge is 2.23. The molecule has 3 heterocycles. The van der Waals surface area contributed by atoms with Crippen LogP contribution in [0, 0.1) is 0 Å². The van der Waals surface area contributed by atoms with Gasteiger partial charge in [-0.1, -0.05) is 53.5 Å². The second-order valence-electron chi connectivity index (χ2n) is 7.66. The molecule has 1 saturated heterocycles. The molecule has 2 aromatic heterocycles. The van der Waals surface area contributed by atoms with Gasteiger partial charge in [-0.25, -0.2) is 0 Å². The van der Waals surface area contributed by atoms with Crippen LogP contribution in [0.25, 0.3) is 5.65 Å². The van der Waals surface area contributed by atoms with E-state index in [1.807, 2.05) is 12.1 Å². The van der Waals surface area contributed by atoms with E-state index in [9.17, 15) is 4.79 Å². The molecule has 0 aliphatic carbocycles. The number of ether oxygens (including phenoxy) is 1. The average Bonchev–Trinajstić information content (AvgIpc) is 3.22. The van der Waals surface area contributed by atoms with Crippen LogP contribution in [0.1, 0.15) is 30.9 Å². The number of hydrogen-bond acceptors (Lipinski definition) is 6. The number of fused-ring (bicyclic) bond motifs is 1. The van der Waals surface area contributed by atoms with E-state index in [0.29, 0.717) is 27.4 Å². The monoisotopic (exact) mass is 493 g/mol. The molecule has 0 unspecified atom stereocenters. The SMILES string of the molecule is COc1ccc([C@H](CNC(=O)CSc2nnc3c(Cl)cc(Cl)cn23)N2CCCCC2)cc1. The number of thioether (sulfide) groups is 1.